The van der Waals surface area contributed by atoms with E-state index in [1.165, 1.54) is 0 Å². The van der Waals surface area contributed by atoms with E-state index in [0.29, 0.717) is 11.6 Å². The molecule has 0 saturated carbocycles. The summed E-state index contributed by atoms with van der Waals surface area (Å²) < 4.78 is 50.8. The Labute approximate surface area is 120 Å². The quantitative estimate of drug-likeness (QED) is 0.830. The molecule has 8 heteroatoms. The number of carbonyl (C=O) groups is 1. The van der Waals surface area contributed by atoms with Gasteiger partial charge in [-0.2, -0.15) is 13.2 Å². The number of nitrogens with one attached hydrogen (secondary N) is 1. The van der Waals surface area contributed by atoms with Crippen LogP contribution in [0.5, 0.6) is 0 Å². The number of carboxylic acid groups (broad SMARTS) is 1. The molecule has 21 heavy (non-hydrogen) atoms. The number of thiophene rings is 1. The van der Waals surface area contributed by atoms with Gasteiger partial charge in [0.05, 0.1) is 5.56 Å². The molecule has 0 bridgehead atoms. The van der Waals surface area contributed by atoms with Gasteiger partial charge in [0.15, 0.2) is 0 Å². The number of benzene rings is 1. The zero-order valence-electron chi connectivity index (χ0n) is 10.4. The van der Waals surface area contributed by atoms with E-state index in [4.69, 9.17) is 5.11 Å². The fraction of sp³-hybridized carbons (Fsp3) is 0.154. The van der Waals surface area contributed by atoms with E-state index in [2.05, 4.69) is 5.32 Å². The number of hydrogen-bond acceptors (Lipinski definition) is 3. The minimum Gasteiger partial charge on any atom is -0.477 e. The molecule has 2 rings (SSSR count). The lowest BCUT2D eigenvalue weighted by atomic mass is 10.1. The number of carboxylic acids is 1. The third-order valence-electron chi connectivity index (χ3n) is 2.70. The highest BCUT2D eigenvalue weighted by Crippen LogP contribution is 2.33. The van der Waals surface area contributed by atoms with Crippen molar-refractivity contribution in [1.82, 2.24) is 0 Å². The van der Waals surface area contributed by atoms with E-state index < -0.39 is 23.5 Å². The van der Waals surface area contributed by atoms with Crippen LogP contribution in [0, 0.1) is 5.82 Å². The van der Waals surface area contributed by atoms with Crippen LogP contribution in [0.1, 0.15) is 20.8 Å². The summed E-state index contributed by atoms with van der Waals surface area (Å²) in [5, 5.41) is 13.2. The zero-order chi connectivity index (χ0) is 15.6. The molecule has 0 aliphatic heterocycles. The highest BCUT2D eigenvalue weighted by atomic mass is 32.1. The monoisotopic (exact) mass is 319 g/mol. The highest BCUT2D eigenvalue weighted by Gasteiger charge is 2.34. The van der Waals surface area contributed by atoms with Gasteiger partial charge in [0.25, 0.3) is 0 Å². The topological polar surface area (TPSA) is 49.3 Å². The highest BCUT2D eigenvalue weighted by molar-refractivity contribution is 7.12. The Kier molecular flexibility index (Phi) is 4.17. The Bertz CT molecular complexity index is 666. The van der Waals surface area contributed by atoms with Crippen LogP contribution in [0.15, 0.2) is 29.6 Å². The van der Waals surface area contributed by atoms with Gasteiger partial charge in [-0.25, -0.2) is 9.18 Å². The molecule has 1 aromatic carbocycles. The van der Waals surface area contributed by atoms with Crippen LogP contribution >= 0.6 is 11.3 Å². The van der Waals surface area contributed by atoms with Crippen molar-refractivity contribution in [3.63, 3.8) is 0 Å². The summed E-state index contributed by atoms with van der Waals surface area (Å²) in [5.41, 5.74) is -0.854. The number of anilines is 1. The van der Waals surface area contributed by atoms with Crippen LogP contribution in [0.25, 0.3) is 0 Å². The molecule has 0 amide bonds. The van der Waals surface area contributed by atoms with Crippen molar-refractivity contribution in [2.24, 2.45) is 0 Å². The summed E-state index contributed by atoms with van der Waals surface area (Å²) in [4.78, 5) is 11.0. The largest absolute Gasteiger partial charge is 0.477 e. The predicted molar refractivity (Wildman–Crippen MR) is 70.0 cm³/mol. The molecule has 0 unspecified atom stereocenters. The molecule has 2 aromatic rings. The summed E-state index contributed by atoms with van der Waals surface area (Å²) in [6.07, 6.45) is -4.78. The normalized spacial score (nSPS) is 11.4. The number of hydrogen-bond donors (Lipinski definition) is 2. The second-order valence-corrected chi connectivity index (χ2v) is 5.04. The Morgan fingerprint density at radius 1 is 1.29 bits per heavy atom. The van der Waals surface area contributed by atoms with Crippen LogP contribution in [-0.4, -0.2) is 11.1 Å². The molecule has 2 N–H and O–H groups in total. The Morgan fingerprint density at radius 3 is 2.62 bits per heavy atom. The maximum Gasteiger partial charge on any atom is 0.419 e. The summed E-state index contributed by atoms with van der Waals surface area (Å²) in [6, 6.07) is 4.10. The number of alkyl halides is 3. The van der Waals surface area contributed by atoms with Crippen LogP contribution < -0.4 is 5.32 Å². The predicted octanol–water partition coefficient (Wildman–Crippen LogP) is 4.22. The number of aromatic carboxylic acids is 1. The van der Waals surface area contributed by atoms with Crippen molar-refractivity contribution < 1.29 is 27.5 Å². The molecule has 112 valence electrons. The van der Waals surface area contributed by atoms with Gasteiger partial charge < -0.3 is 10.4 Å². The summed E-state index contributed by atoms with van der Waals surface area (Å²) in [5.74, 6) is -2.45. The molecular weight excluding hydrogens is 310 g/mol. The standard InChI is InChI=1S/C13H9F4NO2S/c14-10-2-1-8(5-9(10)13(15,16)17)18-6-7-3-4-21-11(7)12(19)20/h1-5,18H,6H2,(H,19,20). The van der Waals surface area contributed by atoms with Crippen molar-refractivity contribution >= 4 is 23.0 Å². The van der Waals surface area contributed by atoms with E-state index in [1.54, 1.807) is 11.4 Å². The van der Waals surface area contributed by atoms with Crippen LogP contribution in [0.3, 0.4) is 0 Å². The maximum atomic E-state index is 13.1. The molecule has 0 spiro atoms. The van der Waals surface area contributed by atoms with Gasteiger partial charge in [0.1, 0.15) is 10.7 Å². The lowest BCUT2D eigenvalue weighted by Crippen LogP contribution is -2.10. The lowest BCUT2D eigenvalue weighted by molar-refractivity contribution is -0.139. The zero-order valence-corrected chi connectivity index (χ0v) is 11.2. The van der Waals surface area contributed by atoms with Crippen molar-refractivity contribution in [1.29, 1.82) is 0 Å². The van der Waals surface area contributed by atoms with E-state index in [1.807, 2.05) is 0 Å². The third kappa shape index (κ3) is 3.52. The van der Waals surface area contributed by atoms with Crippen LogP contribution in [0.2, 0.25) is 0 Å². The SMILES string of the molecule is O=C(O)c1sccc1CNc1ccc(F)c(C(F)(F)F)c1. The fourth-order valence-corrected chi connectivity index (χ4v) is 2.47. The van der Waals surface area contributed by atoms with E-state index in [9.17, 15) is 22.4 Å². The molecule has 0 aliphatic rings. The first-order chi connectivity index (χ1) is 9.79. The minimum absolute atomic E-state index is 0.0358. The van der Waals surface area contributed by atoms with Gasteiger partial charge in [-0.3, -0.25) is 0 Å². The first kappa shape index (κ1) is 15.3. The second kappa shape index (κ2) is 5.72. The van der Waals surface area contributed by atoms with Gasteiger partial charge in [-0.1, -0.05) is 0 Å². The van der Waals surface area contributed by atoms with Crippen molar-refractivity contribution in [2.45, 2.75) is 12.7 Å². The van der Waals surface area contributed by atoms with E-state index in [0.717, 1.165) is 23.5 Å². The Morgan fingerprint density at radius 2 is 2.00 bits per heavy atom. The van der Waals surface area contributed by atoms with E-state index >= 15 is 0 Å². The first-order valence-electron chi connectivity index (χ1n) is 5.69. The van der Waals surface area contributed by atoms with Gasteiger partial charge in [-0.05, 0) is 35.2 Å². The Balaban J connectivity index is 2.17. The third-order valence-corrected chi connectivity index (χ3v) is 3.64. The summed E-state index contributed by atoms with van der Waals surface area (Å²) >= 11 is 1.02. The Hall–Kier alpha value is -2.09. The molecule has 0 saturated heterocycles. The molecule has 1 heterocycles. The summed E-state index contributed by atoms with van der Waals surface area (Å²) in [6.45, 7) is 0.0358. The smallest absolute Gasteiger partial charge is 0.419 e. The average molecular weight is 319 g/mol. The van der Waals surface area contributed by atoms with Gasteiger partial charge in [0.2, 0.25) is 0 Å². The molecule has 3 nitrogen and oxygen atoms in total. The van der Waals surface area contributed by atoms with Crippen molar-refractivity contribution in [2.75, 3.05) is 5.32 Å². The number of rotatable bonds is 4. The molecule has 0 aliphatic carbocycles. The number of halogens is 4. The minimum atomic E-state index is -4.78. The van der Waals surface area contributed by atoms with Gasteiger partial charge in [-0.15, -0.1) is 11.3 Å². The van der Waals surface area contributed by atoms with Crippen LogP contribution in [0.4, 0.5) is 23.2 Å². The summed E-state index contributed by atoms with van der Waals surface area (Å²) in [7, 11) is 0. The van der Waals surface area contributed by atoms with Crippen molar-refractivity contribution in [3.8, 4) is 0 Å². The van der Waals surface area contributed by atoms with E-state index in [-0.39, 0.29) is 17.1 Å². The first-order valence-corrected chi connectivity index (χ1v) is 6.57. The molecular formula is C13H9F4NO2S. The molecule has 0 atom stereocenters. The molecule has 1 aromatic heterocycles. The van der Waals surface area contributed by atoms with Gasteiger partial charge >= 0.3 is 12.1 Å². The van der Waals surface area contributed by atoms with Crippen molar-refractivity contribution in [3.05, 3.63) is 51.5 Å². The molecule has 0 fully saturated rings. The maximum absolute atomic E-state index is 13.1. The van der Waals surface area contributed by atoms with Crippen LogP contribution in [-0.2, 0) is 12.7 Å². The van der Waals surface area contributed by atoms with Gasteiger partial charge in [0, 0.05) is 12.2 Å². The second-order valence-electron chi connectivity index (χ2n) is 4.13. The molecule has 0 radical (unpaired) electrons. The fourth-order valence-electron chi connectivity index (χ4n) is 1.71. The lowest BCUT2D eigenvalue weighted by Gasteiger charge is -2.11. The average Bonchev–Trinajstić information content (AvgIpc) is 2.85.